The number of pyridine rings is 1. The van der Waals surface area contributed by atoms with Gasteiger partial charge in [0, 0.05) is 16.8 Å². The second kappa shape index (κ2) is 7.50. The Morgan fingerprint density at radius 1 is 0.750 bits per heavy atom. The molecule has 0 amide bonds. The lowest BCUT2D eigenvalue weighted by molar-refractivity contribution is 0.486. The number of benzene rings is 3. The van der Waals surface area contributed by atoms with Gasteiger partial charge in [-0.05, 0) is 54.3 Å². The molecule has 1 saturated carbocycles. The van der Waals surface area contributed by atoms with Crippen LogP contribution in [0, 0.1) is 0 Å². The third-order valence-corrected chi connectivity index (χ3v) is 6.42. The summed E-state index contributed by atoms with van der Waals surface area (Å²) in [5, 5.41) is 9.88. The van der Waals surface area contributed by atoms with Crippen molar-refractivity contribution in [3.63, 3.8) is 0 Å². The maximum atomic E-state index is 6.40. The minimum absolute atomic E-state index is 0.120. The van der Waals surface area contributed by atoms with Gasteiger partial charge in [-0.3, -0.25) is 4.40 Å². The SMILES string of the molecule is Clc1ccc(C2(c3nnc4c(Oc5ccccc5-c5ccccc5)cccn34)CC2)cc1. The fourth-order valence-electron chi connectivity index (χ4n) is 4.36. The van der Waals surface area contributed by atoms with E-state index < -0.39 is 0 Å². The number of hydrogen-bond acceptors (Lipinski definition) is 3. The second-order valence-electron chi connectivity index (χ2n) is 8.14. The molecule has 0 atom stereocenters. The molecule has 2 aromatic heterocycles. The molecule has 0 saturated heterocycles. The standard InChI is InChI=1S/C27H20ClN3O/c28-21-14-12-20(13-15-21)27(16-17-27)26-30-29-25-24(11-6-18-31(25)26)32-23-10-5-4-9-22(23)19-7-2-1-3-8-19/h1-15,18H,16-17H2. The van der Waals surface area contributed by atoms with E-state index in [4.69, 9.17) is 16.3 Å². The molecule has 6 rings (SSSR count). The largest absolute Gasteiger partial charge is 0.453 e. The van der Waals surface area contributed by atoms with Gasteiger partial charge >= 0.3 is 0 Å². The van der Waals surface area contributed by atoms with Crippen molar-refractivity contribution >= 4 is 17.2 Å². The van der Waals surface area contributed by atoms with Gasteiger partial charge in [0.25, 0.3) is 0 Å². The van der Waals surface area contributed by atoms with E-state index in [1.165, 1.54) is 5.56 Å². The van der Waals surface area contributed by atoms with Gasteiger partial charge in [-0.15, -0.1) is 10.2 Å². The number of halogens is 1. The first kappa shape index (κ1) is 19.1. The van der Waals surface area contributed by atoms with Gasteiger partial charge in [0.05, 0.1) is 5.41 Å². The maximum absolute atomic E-state index is 6.40. The minimum atomic E-state index is -0.120. The molecule has 0 aliphatic heterocycles. The van der Waals surface area contributed by atoms with Crippen LogP contribution in [0.1, 0.15) is 24.2 Å². The van der Waals surface area contributed by atoms with Crippen LogP contribution in [0.3, 0.4) is 0 Å². The summed E-state index contributed by atoms with van der Waals surface area (Å²) in [6, 6.07) is 30.3. The molecule has 1 fully saturated rings. The van der Waals surface area contributed by atoms with E-state index in [0.717, 1.165) is 40.6 Å². The molecular formula is C27H20ClN3O. The number of hydrogen-bond donors (Lipinski definition) is 0. The number of para-hydroxylation sites is 1. The fraction of sp³-hybridized carbons (Fsp3) is 0.111. The van der Waals surface area contributed by atoms with Gasteiger partial charge in [0.15, 0.2) is 5.75 Å². The van der Waals surface area contributed by atoms with Crippen LogP contribution < -0.4 is 4.74 Å². The zero-order valence-corrected chi connectivity index (χ0v) is 18.0. The van der Waals surface area contributed by atoms with Crippen molar-refractivity contribution < 1.29 is 4.74 Å². The molecule has 3 aromatic carbocycles. The molecule has 32 heavy (non-hydrogen) atoms. The van der Waals surface area contributed by atoms with E-state index in [1.54, 1.807) is 0 Å². The molecule has 0 radical (unpaired) electrons. The summed E-state index contributed by atoms with van der Waals surface area (Å²) in [6.45, 7) is 0. The highest BCUT2D eigenvalue weighted by atomic mass is 35.5. The smallest absolute Gasteiger partial charge is 0.203 e. The zero-order valence-electron chi connectivity index (χ0n) is 17.3. The first-order chi connectivity index (χ1) is 15.7. The van der Waals surface area contributed by atoms with Crippen molar-refractivity contribution in [2.24, 2.45) is 0 Å². The lowest BCUT2D eigenvalue weighted by Crippen LogP contribution is -2.13. The van der Waals surface area contributed by atoms with Gasteiger partial charge in [-0.2, -0.15) is 0 Å². The number of fused-ring (bicyclic) bond motifs is 1. The van der Waals surface area contributed by atoms with Crippen molar-refractivity contribution in [3.05, 3.63) is 114 Å². The Bertz CT molecular complexity index is 1410. The number of aromatic nitrogens is 3. The Labute approximate surface area is 191 Å². The molecule has 0 spiro atoms. The van der Waals surface area contributed by atoms with Gasteiger partial charge in [0.1, 0.15) is 11.6 Å². The average molecular weight is 438 g/mol. The van der Waals surface area contributed by atoms with Crippen LogP contribution in [0.4, 0.5) is 0 Å². The van der Waals surface area contributed by atoms with Crippen molar-refractivity contribution in [2.45, 2.75) is 18.3 Å². The average Bonchev–Trinajstić information content (AvgIpc) is 3.52. The zero-order chi connectivity index (χ0) is 21.5. The quantitative estimate of drug-likeness (QED) is 0.299. The molecule has 0 unspecified atom stereocenters. The summed E-state index contributed by atoms with van der Waals surface area (Å²) in [4.78, 5) is 0. The maximum Gasteiger partial charge on any atom is 0.203 e. The van der Waals surface area contributed by atoms with E-state index in [-0.39, 0.29) is 5.41 Å². The van der Waals surface area contributed by atoms with Crippen LogP contribution in [0.25, 0.3) is 16.8 Å². The highest BCUT2D eigenvalue weighted by Crippen LogP contribution is 2.53. The highest BCUT2D eigenvalue weighted by molar-refractivity contribution is 6.30. The van der Waals surface area contributed by atoms with Crippen LogP contribution in [-0.4, -0.2) is 14.6 Å². The number of rotatable bonds is 5. The first-order valence-corrected chi connectivity index (χ1v) is 11.0. The lowest BCUT2D eigenvalue weighted by atomic mass is 9.95. The van der Waals surface area contributed by atoms with Crippen molar-refractivity contribution in [1.82, 2.24) is 14.6 Å². The predicted molar refractivity (Wildman–Crippen MR) is 126 cm³/mol. The monoisotopic (exact) mass is 437 g/mol. The Morgan fingerprint density at radius 2 is 1.47 bits per heavy atom. The molecule has 0 bridgehead atoms. The molecular weight excluding hydrogens is 418 g/mol. The summed E-state index contributed by atoms with van der Waals surface area (Å²) in [6.07, 6.45) is 4.09. The van der Waals surface area contributed by atoms with E-state index in [1.807, 2.05) is 66.9 Å². The number of ether oxygens (including phenoxy) is 1. The molecule has 1 aliphatic rings. The van der Waals surface area contributed by atoms with Crippen LogP contribution in [0.15, 0.2) is 97.2 Å². The fourth-order valence-corrected chi connectivity index (χ4v) is 4.49. The predicted octanol–water partition coefficient (Wildman–Crippen LogP) is 6.92. The van der Waals surface area contributed by atoms with E-state index >= 15 is 0 Å². The third-order valence-electron chi connectivity index (χ3n) is 6.17. The lowest BCUT2D eigenvalue weighted by Gasteiger charge is -2.15. The molecule has 156 valence electrons. The number of nitrogens with zero attached hydrogens (tertiary/aromatic N) is 3. The Kier molecular flexibility index (Phi) is 4.47. The van der Waals surface area contributed by atoms with Crippen molar-refractivity contribution in [2.75, 3.05) is 0 Å². The van der Waals surface area contributed by atoms with Crippen molar-refractivity contribution in [3.8, 4) is 22.6 Å². The second-order valence-corrected chi connectivity index (χ2v) is 8.58. The van der Waals surface area contributed by atoms with Crippen LogP contribution in [-0.2, 0) is 5.41 Å². The van der Waals surface area contributed by atoms with Crippen molar-refractivity contribution in [1.29, 1.82) is 0 Å². The van der Waals surface area contributed by atoms with Crippen LogP contribution in [0.5, 0.6) is 11.5 Å². The van der Waals surface area contributed by atoms with E-state index in [0.29, 0.717) is 11.4 Å². The van der Waals surface area contributed by atoms with Gasteiger partial charge in [-0.1, -0.05) is 72.3 Å². The topological polar surface area (TPSA) is 39.4 Å². The molecule has 5 aromatic rings. The summed E-state index contributed by atoms with van der Waals surface area (Å²) in [7, 11) is 0. The Balaban J connectivity index is 1.41. The third kappa shape index (κ3) is 3.15. The van der Waals surface area contributed by atoms with E-state index in [2.05, 4.69) is 44.9 Å². The van der Waals surface area contributed by atoms with Crippen LogP contribution >= 0.6 is 11.6 Å². The first-order valence-electron chi connectivity index (χ1n) is 10.7. The highest BCUT2D eigenvalue weighted by Gasteiger charge is 2.49. The normalized spacial score (nSPS) is 14.4. The van der Waals surface area contributed by atoms with Crippen LogP contribution in [0.2, 0.25) is 5.02 Å². The molecule has 5 heteroatoms. The summed E-state index contributed by atoms with van der Waals surface area (Å²) in [5.74, 6) is 2.41. The minimum Gasteiger partial charge on any atom is -0.453 e. The summed E-state index contributed by atoms with van der Waals surface area (Å²) < 4.78 is 8.46. The molecule has 2 heterocycles. The van der Waals surface area contributed by atoms with E-state index in [9.17, 15) is 0 Å². The Morgan fingerprint density at radius 3 is 2.25 bits per heavy atom. The van der Waals surface area contributed by atoms with Gasteiger partial charge in [-0.25, -0.2) is 0 Å². The molecule has 4 nitrogen and oxygen atoms in total. The summed E-state index contributed by atoms with van der Waals surface area (Å²) >= 11 is 6.11. The molecule has 0 N–H and O–H groups in total. The van der Waals surface area contributed by atoms with Gasteiger partial charge in [0.2, 0.25) is 5.65 Å². The Hall–Kier alpha value is -3.63. The molecule has 1 aliphatic carbocycles. The summed E-state index contributed by atoms with van der Waals surface area (Å²) in [5.41, 5.74) is 3.96. The van der Waals surface area contributed by atoms with Gasteiger partial charge < -0.3 is 4.74 Å².